The number of fused-ring (bicyclic) bond motifs is 3. The number of methoxy groups -OCH3 is 3. The molecule has 2 aromatic rings. The molecule has 0 aromatic heterocycles. The molecular formula is C32H38N2O9. The Morgan fingerprint density at radius 1 is 1.05 bits per heavy atom. The maximum Gasteiger partial charge on any atom is 0.410 e. The average molecular weight is 595 g/mol. The van der Waals surface area contributed by atoms with Crippen molar-refractivity contribution in [2.75, 3.05) is 34.7 Å². The molecule has 2 aromatic carbocycles. The summed E-state index contributed by atoms with van der Waals surface area (Å²) in [5.41, 5.74) is 2.70. The van der Waals surface area contributed by atoms with E-state index >= 15 is 0 Å². The zero-order valence-corrected chi connectivity index (χ0v) is 25.5. The summed E-state index contributed by atoms with van der Waals surface area (Å²) in [6, 6.07) is 4.88. The fourth-order valence-corrected chi connectivity index (χ4v) is 6.21. The van der Waals surface area contributed by atoms with Crippen LogP contribution in [0.3, 0.4) is 0 Å². The summed E-state index contributed by atoms with van der Waals surface area (Å²) < 4.78 is 40.9. The molecule has 1 amide bonds. The number of hydrogen-bond acceptors (Lipinski definition) is 10. The Hall–Kier alpha value is -4.33. The van der Waals surface area contributed by atoms with Gasteiger partial charge in [-0.15, -0.1) is 0 Å². The van der Waals surface area contributed by atoms with E-state index in [1.165, 1.54) is 14.2 Å². The number of esters is 1. The van der Waals surface area contributed by atoms with Crippen LogP contribution in [-0.4, -0.2) is 57.2 Å². The van der Waals surface area contributed by atoms with Gasteiger partial charge < -0.3 is 33.2 Å². The third kappa shape index (κ3) is 5.46. The van der Waals surface area contributed by atoms with Gasteiger partial charge in [0.25, 0.3) is 0 Å². The van der Waals surface area contributed by atoms with Gasteiger partial charge in [-0.1, -0.05) is 12.5 Å². The lowest BCUT2D eigenvalue weighted by atomic mass is 9.82. The van der Waals surface area contributed by atoms with E-state index in [9.17, 15) is 9.59 Å². The minimum absolute atomic E-state index is 0.0364. The van der Waals surface area contributed by atoms with Gasteiger partial charge in [-0.2, -0.15) is 5.26 Å². The fourth-order valence-electron chi connectivity index (χ4n) is 6.21. The summed E-state index contributed by atoms with van der Waals surface area (Å²) in [5, 5.41) is 8.96. The zero-order chi connectivity index (χ0) is 30.9. The summed E-state index contributed by atoms with van der Waals surface area (Å²) in [4.78, 5) is 28.8. The second-order valence-electron chi connectivity index (χ2n) is 11.6. The molecule has 43 heavy (non-hydrogen) atoms. The van der Waals surface area contributed by atoms with Gasteiger partial charge in [0.05, 0.1) is 27.4 Å². The zero-order valence-electron chi connectivity index (χ0n) is 25.5. The van der Waals surface area contributed by atoms with E-state index in [-0.39, 0.29) is 18.1 Å². The van der Waals surface area contributed by atoms with E-state index in [0.29, 0.717) is 59.9 Å². The van der Waals surface area contributed by atoms with Gasteiger partial charge in [-0.25, -0.2) is 9.59 Å². The van der Waals surface area contributed by atoms with Gasteiger partial charge >= 0.3 is 12.1 Å². The highest BCUT2D eigenvalue weighted by Crippen LogP contribution is 2.57. The molecule has 0 spiro atoms. The number of amides is 1. The van der Waals surface area contributed by atoms with Crippen LogP contribution in [0.5, 0.6) is 28.7 Å². The number of nitrogens with zero attached hydrogens (tertiary/aromatic N) is 2. The van der Waals surface area contributed by atoms with Crippen molar-refractivity contribution in [1.82, 2.24) is 4.90 Å². The quantitative estimate of drug-likeness (QED) is 0.259. The van der Waals surface area contributed by atoms with Crippen molar-refractivity contribution in [1.29, 1.82) is 5.26 Å². The van der Waals surface area contributed by atoms with E-state index in [1.807, 2.05) is 20.8 Å². The second kappa shape index (κ2) is 12.1. The molecule has 11 nitrogen and oxygen atoms in total. The van der Waals surface area contributed by atoms with Crippen LogP contribution in [-0.2, 0) is 22.3 Å². The van der Waals surface area contributed by atoms with Crippen LogP contribution in [0.15, 0.2) is 12.1 Å². The van der Waals surface area contributed by atoms with E-state index < -0.39 is 29.8 Å². The number of hydrogen-bond donors (Lipinski definition) is 0. The van der Waals surface area contributed by atoms with Crippen molar-refractivity contribution in [3.8, 4) is 34.8 Å². The maximum atomic E-state index is 13.8. The first-order valence-electron chi connectivity index (χ1n) is 14.5. The first-order chi connectivity index (χ1) is 20.6. The summed E-state index contributed by atoms with van der Waals surface area (Å²) in [6.07, 6.45) is 2.80. The second-order valence-corrected chi connectivity index (χ2v) is 11.6. The number of benzene rings is 2. The number of nitriles is 1. The van der Waals surface area contributed by atoms with Crippen molar-refractivity contribution in [2.24, 2.45) is 0 Å². The Balaban J connectivity index is 1.69. The first-order valence-corrected chi connectivity index (χ1v) is 14.5. The lowest BCUT2D eigenvalue weighted by molar-refractivity contribution is -0.0195. The van der Waals surface area contributed by atoms with Crippen molar-refractivity contribution in [3.05, 3.63) is 39.9 Å². The summed E-state index contributed by atoms with van der Waals surface area (Å²) in [5.74, 6) is 1.61. The SMILES string of the molecule is COc1ccc2c(c1OC)C(=O)O[C@@H]2[C@H]1c2c(c(CCCCCC#N)c3c(c2OC)OCO3)CCN1C(=O)OC(C)(C)C. The molecule has 0 radical (unpaired) electrons. The highest BCUT2D eigenvalue weighted by atomic mass is 16.7. The third-order valence-electron chi connectivity index (χ3n) is 7.92. The molecule has 0 saturated heterocycles. The van der Waals surface area contributed by atoms with E-state index in [2.05, 4.69) is 6.07 Å². The fraction of sp³-hybridized carbons (Fsp3) is 0.531. The first kappa shape index (κ1) is 30.1. The predicted octanol–water partition coefficient (Wildman–Crippen LogP) is 5.81. The Labute approximate surface area is 251 Å². The average Bonchev–Trinajstić information content (AvgIpc) is 3.59. The van der Waals surface area contributed by atoms with E-state index in [4.69, 9.17) is 38.4 Å². The molecule has 230 valence electrons. The van der Waals surface area contributed by atoms with Crippen molar-refractivity contribution in [3.63, 3.8) is 0 Å². The number of carbonyl (C=O) groups excluding carboxylic acids is 2. The standard InChI is InChI=1S/C32H38N2O9/c1-32(2,3)43-31(36)34-16-14-18-19(11-9-7-8-10-15-33)26-29(41-17-40-26)28(39-6)22(18)24(34)25-20-12-13-21(37-4)27(38-5)23(20)30(35)42-25/h12-13,24-25H,7-11,14,16-17H2,1-6H3/t24-,25+/m1/s1. The number of rotatable bonds is 9. The Morgan fingerprint density at radius 2 is 1.79 bits per heavy atom. The molecule has 0 unspecified atom stereocenters. The summed E-state index contributed by atoms with van der Waals surface area (Å²) in [7, 11) is 4.51. The van der Waals surface area contributed by atoms with Crippen molar-refractivity contribution < 1.29 is 42.7 Å². The van der Waals surface area contributed by atoms with Gasteiger partial charge in [-0.05, 0) is 58.1 Å². The van der Waals surface area contributed by atoms with Crippen LogP contribution in [0.25, 0.3) is 0 Å². The maximum absolute atomic E-state index is 13.8. The van der Waals surface area contributed by atoms with Gasteiger partial charge in [0.2, 0.25) is 12.5 Å². The van der Waals surface area contributed by atoms with Crippen LogP contribution in [0, 0.1) is 11.3 Å². The topological polar surface area (TPSA) is 126 Å². The van der Waals surface area contributed by atoms with Crippen LogP contribution in [0.2, 0.25) is 0 Å². The van der Waals surface area contributed by atoms with Crippen LogP contribution in [0.4, 0.5) is 4.79 Å². The molecule has 0 saturated carbocycles. The number of cyclic esters (lactones) is 1. The van der Waals surface area contributed by atoms with Gasteiger partial charge in [0.1, 0.15) is 17.2 Å². The molecule has 3 aliphatic heterocycles. The molecule has 3 aliphatic rings. The van der Waals surface area contributed by atoms with Gasteiger partial charge in [0, 0.05) is 29.7 Å². The monoisotopic (exact) mass is 594 g/mol. The molecule has 5 rings (SSSR count). The largest absolute Gasteiger partial charge is 0.493 e. The smallest absolute Gasteiger partial charge is 0.410 e. The predicted molar refractivity (Wildman–Crippen MR) is 154 cm³/mol. The minimum atomic E-state index is -0.897. The molecule has 0 bridgehead atoms. The van der Waals surface area contributed by atoms with Gasteiger partial charge in [-0.3, -0.25) is 4.90 Å². The number of ether oxygens (including phenoxy) is 7. The molecule has 0 aliphatic carbocycles. The summed E-state index contributed by atoms with van der Waals surface area (Å²) in [6.45, 7) is 5.77. The Morgan fingerprint density at radius 3 is 2.47 bits per heavy atom. The molecule has 3 heterocycles. The number of unbranched alkanes of at least 4 members (excludes halogenated alkanes) is 3. The Bertz CT molecular complexity index is 1460. The molecule has 0 N–H and O–H groups in total. The van der Waals surface area contributed by atoms with Crippen molar-refractivity contribution >= 4 is 12.1 Å². The summed E-state index contributed by atoms with van der Waals surface area (Å²) >= 11 is 0. The minimum Gasteiger partial charge on any atom is -0.493 e. The highest BCUT2D eigenvalue weighted by molar-refractivity contribution is 5.98. The van der Waals surface area contributed by atoms with Crippen molar-refractivity contribution in [2.45, 2.75) is 77.0 Å². The molecule has 0 fully saturated rings. The normalized spacial score (nSPS) is 18.3. The molecule has 2 atom stereocenters. The highest BCUT2D eigenvalue weighted by Gasteiger charge is 2.50. The molecular weight excluding hydrogens is 556 g/mol. The van der Waals surface area contributed by atoms with Gasteiger partial charge in [0.15, 0.2) is 29.1 Å². The Kier molecular flexibility index (Phi) is 8.49. The van der Waals surface area contributed by atoms with Crippen LogP contribution in [0.1, 0.15) is 91.2 Å². The molecule has 11 heteroatoms. The lowest BCUT2D eigenvalue weighted by Gasteiger charge is -2.41. The number of carbonyl (C=O) groups is 2. The lowest BCUT2D eigenvalue weighted by Crippen LogP contribution is -2.45. The van der Waals surface area contributed by atoms with Crippen LogP contribution < -0.4 is 23.7 Å². The van der Waals surface area contributed by atoms with E-state index in [0.717, 1.165) is 30.4 Å². The third-order valence-corrected chi connectivity index (χ3v) is 7.92. The van der Waals surface area contributed by atoms with Crippen LogP contribution >= 0.6 is 0 Å². The van der Waals surface area contributed by atoms with E-state index in [1.54, 1.807) is 24.1 Å².